The number of hydrogen-bond acceptors (Lipinski definition) is 8. The summed E-state index contributed by atoms with van der Waals surface area (Å²) in [5, 5.41) is 0.827. The van der Waals surface area contributed by atoms with E-state index in [0.717, 1.165) is 58.9 Å². The van der Waals surface area contributed by atoms with Gasteiger partial charge in [0, 0.05) is 64.3 Å². The SMILES string of the molecule is COCCN(CC=CC(=O)N1CCC(n2c(C)c(-c3ccc(Oc4ccccc4)cc3)c3c(N)ncnc32)C1)CCOC. The molecule has 5 rings (SSSR count). The first-order valence-corrected chi connectivity index (χ1v) is 14.6. The zero-order chi connectivity index (χ0) is 30.2. The summed E-state index contributed by atoms with van der Waals surface area (Å²) in [7, 11) is 3.38. The number of anilines is 1. The number of rotatable bonds is 13. The van der Waals surface area contributed by atoms with E-state index in [9.17, 15) is 4.79 Å². The first-order valence-electron chi connectivity index (χ1n) is 14.6. The van der Waals surface area contributed by atoms with Gasteiger partial charge in [0.05, 0.1) is 24.6 Å². The van der Waals surface area contributed by atoms with E-state index in [1.54, 1.807) is 20.3 Å². The average molecular weight is 585 g/mol. The number of benzene rings is 2. The summed E-state index contributed by atoms with van der Waals surface area (Å²) in [6.45, 7) is 6.83. The molecule has 2 aromatic carbocycles. The van der Waals surface area contributed by atoms with E-state index >= 15 is 0 Å². The van der Waals surface area contributed by atoms with Crippen LogP contribution in [-0.4, -0.2) is 90.4 Å². The molecule has 1 amide bonds. The van der Waals surface area contributed by atoms with Crippen molar-refractivity contribution < 1.29 is 19.0 Å². The number of nitrogen functional groups attached to an aromatic ring is 1. The lowest BCUT2D eigenvalue weighted by Gasteiger charge is -2.20. The molecule has 2 N–H and O–H groups in total. The zero-order valence-corrected chi connectivity index (χ0v) is 25.1. The number of ether oxygens (including phenoxy) is 3. The molecule has 1 aliphatic heterocycles. The fourth-order valence-corrected chi connectivity index (χ4v) is 5.68. The van der Waals surface area contributed by atoms with Gasteiger partial charge < -0.3 is 29.4 Å². The largest absolute Gasteiger partial charge is 0.457 e. The van der Waals surface area contributed by atoms with Gasteiger partial charge in [-0.15, -0.1) is 0 Å². The van der Waals surface area contributed by atoms with Crippen LogP contribution < -0.4 is 10.5 Å². The molecule has 0 saturated carbocycles. The van der Waals surface area contributed by atoms with Crippen LogP contribution in [0.2, 0.25) is 0 Å². The second-order valence-electron chi connectivity index (χ2n) is 10.6. The molecule has 0 radical (unpaired) electrons. The van der Waals surface area contributed by atoms with Gasteiger partial charge in [-0.3, -0.25) is 9.69 Å². The molecule has 1 atom stereocenters. The Kier molecular flexibility index (Phi) is 10.0. The molecule has 43 heavy (non-hydrogen) atoms. The number of amides is 1. The van der Waals surface area contributed by atoms with Gasteiger partial charge in [-0.05, 0) is 43.2 Å². The molecule has 2 aromatic heterocycles. The van der Waals surface area contributed by atoms with Crippen LogP contribution in [0.3, 0.4) is 0 Å². The highest BCUT2D eigenvalue weighted by Crippen LogP contribution is 2.40. The lowest BCUT2D eigenvalue weighted by atomic mass is 10.0. The van der Waals surface area contributed by atoms with E-state index in [4.69, 9.17) is 19.9 Å². The summed E-state index contributed by atoms with van der Waals surface area (Å²) >= 11 is 0. The Morgan fingerprint density at radius 2 is 1.72 bits per heavy atom. The van der Waals surface area contributed by atoms with Crippen molar-refractivity contribution in [2.75, 3.05) is 65.9 Å². The molecule has 10 nitrogen and oxygen atoms in total. The van der Waals surface area contributed by atoms with E-state index in [0.29, 0.717) is 38.7 Å². The maximum Gasteiger partial charge on any atom is 0.246 e. The summed E-state index contributed by atoms with van der Waals surface area (Å²) in [6.07, 6.45) is 5.94. The monoisotopic (exact) mass is 584 g/mol. The van der Waals surface area contributed by atoms with Crippen molar-refractivity contribution in [3.63, 3.8) is 0 Å². The van der Waals surface area contributed by atoms with Crippen molar-refractivity contribution in [1.82, 2.24) is 24.3 Å². The molecule has 1 aliphatic rings. The van der Waals surface area contributed by atoms with Crippen molar-refractivity contribution in [2.24, 2.45) is 0 Å². The Hall–Kier alpha value is -4.25. The lowest BCUT2D eigenvalue weighted by Crippen LogP contribution is -2.31. The minimum atomic E-state index is 0.0124. The van der Waals surface area contributed by atoms with Gasteiger partial charge >= 0.3 is 0 Å². The van der Waals surface area contributed by atoms with Gasteiger partial charge in [0.1, 0.15) is 29.3 Å². The van der Waals surface area contributed by atoms with Gasteiger partial charge in [-0.25, -0.2) is 9.97 Å². The van der Waals surface area contributed by atoms with Gasteiger partial charge in [-0.2, -0.15) is 0 Å². The number of carbonyl (C=O) groups excluding carboxylic acids is 1. The third-order valence-corrected chi connectivity index (χ3v) is 7.87. The second-order valence-corrected chi connectivity index (χ2v) is 10.6. The van der Waals surface area contributed by atoms with Crippen LogP contribution in [0, 0.1) is 6.92 Å². The molecule has 1 fully saturated rings. The summed E-state index contributed by atoms with van der Waals surface area (Å²) in [5.41, 5.74) is 10.3. The van der Waals surface area contributed by atoms with E-state index in [1.807, 2.05) is 65.6 Å². The van der Waals surface area contributed by atoms with Gasteiger partial charge in [0.25, 0.3) is 0 Å². The van der Waals surface area contributed by atoms with E-state index in [-0.39, 0.29) is 11.9 Å². The Balaban J connectivity index is 1.33. The second kappa shape index (κ2) is 14.3. The van der Waals surface area contributed by atoms with Gasteiger partial charge in [-0.1, -0.05) is 36.4 Å². The fourth-order valence-electron chi connectivity index (χ4n) is 5.68. The maximum atomic E-state index is 13.1. The number of fused-ring (bicyclic) bond motifs is 1. The summed E-state index contributed by atoms with van der Waals surface area (Å²) < 4.78 is 18.6. The Labute approximate surface area is 252 Å². The fraction of sp³-hybridized carbons (Fsp3) is 0.364. The Morgan fingerprint density at radius 3 is 2.42 bits per heavy atom. The predicted molar refractivity (Wildman–Crippen MR) is 168 cm³/mol. The van der Waals surface area contributed by atoms with Crippen molar-refractivity contribution >= 4 is 22.8 Å². The molecule has 0 aliphatic carbocycles. The van der Waals surface area contributed by atoms with Gasteiger partial charge in [0.2, 0.25) is 5.91 Å². The first-order chi connectivity index (χ1) is 21.0. The number of para-hydroxylation sites is 1. The standard InChI is InChI=1S/C33H40N6O4/c1-24-30(25-11-13-28(14-12-25)43-27-8-5-4-6-9-27)31-32(34)35-23-36-33(31)39(24)26-15-17-38(22-26)29(40)10-7-16-37(18-20-41-2)19-21-42-3/h4-14,23,26H,15-22H2,1-3H3,(H2,34,35,36). The van der Waals surface area contributed by atoms with Crippen molar-refractivity contribution in [3.8, 4) is 22.6 Å². The van der Waals surface area contributed by atoms with E-state index in [2.05, 4.69) is 26.4 Å². The number of nitrogens with two attached hydrogens (primary N) is 1. The molecule has 0 bridgehead atoms. The van der Waals surface area contributed by atoms with Crippen LogP contribution in [0.15, 0.2) is 73.1 Å². The molecular formula is C33H40N6O4. The molecule has 1 saturated heterocycles. The van der Waals surface area contributed by atoms with Gasteiger partial charge in [0.15, 0.2) is 0 Å². The number of hydrogen-bond donors (Lipinski definition) is 1. The third-order valence-electron chi connectivity index (χ3n) is 7.87. The number of methoxy groups -OCH3 is 2. The highest BCUT2D eigenvalue weighted by atomic mass is 16.5. The van der Waals surface area contributed by atoms with Crippen LogP contribution in [0.4, 0.5) is 5.82 Å². The summed E-state index contributed by atoms with van der Waals surface area (Å²) in [4.78, 5) is 26.2. The molecule has 4 aromatic rings. The first kappa shape index (κ1) is 30.2. The molecule has 226 valence electrons. The molecule has 1 unspecified atom stereocenters. The predicted octanol–water partition coefficient (Wildman–Crippen LogP) is 4.71. The van der Waals surface area contributed by atoms with Crippen molar-refractivity contribution in [1.29, 1.82) is 0 Å². The molecular weight excluding hydrogens is 544 g/mol. The van der Waals surface area contributed by atoms with Crippen molar-refractivity contribution in [2.45, 2.75) is 19.4 Å². The van der Waals surface area contributed by atoms with E-state index in [1.165, 1.54) is 6.33 Å². The Morgan fingerprint density at radius 1 is 1.02 bits per heavy atom. The molecule has 0 spiro atoms. The number of nitrogens with zero attached hydrogens (tertiary/aromatic N) is 5. The van der Waals surface area contributed by atoms with Crippen LogP contribution >= 0.6 is 0 Å². The van der Waals surface area contributed by atoms with Crippen LogP contribution in [0.25, 0.3) is 22.2 Å². The zero-order valence-electron chi connectivity index (χ0n) is 25.1. The number of aromatic nitrogens is 3. The third kappa shape index (κ3) is 7.05. The highest BCUT2D eigenvalue weighted by Gasteiger charge is 2.31. The average Bonchev–Trinajstić information content (AvgIpc) is 3.62. The van der Waals surface area contributed by atoms with E-state index < -0.39 is 0 Å². The smallest absolute Gasteiger partial charge is 0.246 e. The minimum absolute atomic E-state index is 0.0124. The Bertz CT molecular complexity index is 1530. The summed E-state index contributed by atoms with van der Waals surface area (Å²) in [6, 6.07) is 17.8. The normalized spacial score (nSPS) is 15.3. The molecule has 3 heterocycles. The number of carbonyl (C=O) groups is 1. The molecule has 10 heteroatoms. The van der Waals surface area contributed by atoms with Crippen molar-refractivity contribution in [3.05, 3.63) is 78.8 Å². The topological polar surface area (TPSA) is 108 Å². The van der Waals surface area contributed by atoms with Crippen LogP contribution in [0.1, 0.15) is 18.2 Å². The number of likely N-dealkylation sites (tertiary alicyclic amines) is 1. The van der Waals surface area contributed by atoms with Crippen LogP contribution in [0.5, 0.6) is 11.5 Å². The lowest BCUT2D eigenvalue weighted by molar-refractivity contribution is -0.125. The minimum Gasteiger partial charge on any atom is -0.457 e. The highest BCUT2D eigenvalue weighted by molar-refractivity contribution is 6.02. The summed E-state index contributed by atoms with van der Waals surface area (Å²) in [5.74, 6) is 1.98. The quantitative estimate of drug-likeness (QED) is 0.225. The van der Waals surface area contributed by atoms with Crippen LogP contribution in [-0.2, 0) is 14.3 Å². The maximum absolute atomic E-state index is 13.1.